The fourth-order valence-electron chi connectivity index (χ4n) is 5.20. The van der Waals surface area contributed by atoms with Gasteiger partial charge in [-0.2, -0.15) is 27.8 Å². The van der Waals surface area contributed by atoms with Crippen molar-refractivity contribution in [2.75, 3.05) is 0 Å². The molecular formula is C35H20N6OPt. The third-order valence-electron chi connectivity index (χ3n) is 7.08. The molecule has 0 aliphatic carbocycles. The summed E-state index contributed by atoms with van der Waals surface area (Å²) in [6.07, 6.45) is 5.23. The first-order chi connectivity index (χ1) is 20.6. The van der Waals surface area contributed by atoms with E-state index in [4.69, 9.17) is 4.74 Å². The van der Waals surface area contributed by atoms with Gasteiger partial charge in [-0.05, 0) is 53.9 Å². The Morgan fingerprint density at radius 2 is 1.58 bits per heavy atom. The molecule has 4 aromatic carbocycles. The van der Waals surface area contributed by atoms with E-state index in [1.807, 2.05) is 61.7 Å². The van der Waals surface area contributed by atoms with Crippen LogP contribution in [0.5, 0.6) is 11.5 Å². The Hall–Kier alpha value is -5.49. The second-order valence-corrected chi connectivity index (χ2v) is 9.76. The molecule has 7 rings (SSSR count). The Morgan fingerprint density at radius 1 is 0.814 bits per heavy atom. The van der Waals surface area contributed by atoms with E-state index in [1.165, 1.54) is 0 Å². The Labute approximate surface area is 262 Å². The van der Waals surface area contributed by atoms with E-state index in [2.05, 4.69) is 57.1 Å². The number of pyridine rings is 1. The van der Waals surface area contributed by atoms with Gasteiger partial charge in [0.2, 0.25) is 0 Å². The van der Waals surface area contributed by atoms with Crippen LogP contribution in [0.15, 0.2) is 104 Å². The van der Waals surface area contributed by atoms with Gasteiger partial charge >= 0.3 is 21.1 Å². The molecule has 43 heavy (non-hydrogen) atoms. The second-order valence-electron chi connectivity index (χ2n) is 9.76. The molecule has 0 bridgehead atoms. The smallest absolute Gasteiger partial charge is 0.509 e. The van der Waals surface area contributed by atoms with Gasteiger partial charge in [-0.25, -0.2) is 4.98 Å². The summed E-state index contributed by atoms with van der Waals surface area (Å²) in [6, 6.07) is 37.9. The number of nitrogens with zero attached hydrogens (tertiary/aromatic N) is 6. The van der Waals surface area contributed by atoms with Gasteiger partial charge in [0, 0.05) is 40.5 Å². The number of fused-ring (bicyclic) bond motifs is 3. The molecule has 3 heterocycles. The fraction of sp³-hybridized carbons (Fsp3) is 0.0286. The normalized spacial score (nSPS) is 10.7. The van der Waals surface area contributed by atoms with Gasteiger partial charge in [0.1, 0.15) is 5.82 Å². The molecule has 0 fully saturated rings. The first kappa shape index (κ1) is 27.7. The minimum atomic E-state index is 0. The van der Waals surface area contributed by atoms with Crippen molar-refractivity contribution in [3.05, 3.63) is 132 Å². The van der Waals surface area contributed by atoms with E-state index in [-0.39, 0.29) is 21.1 Å². The van der Waals surface area contributed by atoms with Crippen LogP contribution >= 0.6 is 0 Å². The number of para-hydroxylation sites is 1. The molecule has 0 radical (unpaired) electrons. The summed E-state index contributed by atoms with van der Waals surface area (Å²) in [4.78, 5) is 4.64. The summed E-state index contributed by atoms with van der Waals surface area (Å²) in [6.45, 7) is 2.05. The first-order valence-electron chi connectivity index (χ1n) is 13.2. The minimum Gasteiger partial charge on any atom is -0.509 e. The number of rotatable bonds is 5. The van der Waals surface area contributed by atoms with Gasteiger partial charge in [0.25, 0.3) is 0 Å². The summed E-state index contributed by atoms with van der Waals surface area (Å²) in [5, 5.41) is 25.8. The molecule has 0 atom stereocenters. The zero-order valence-electron chi connectivity index (χ0n) is 22.7. The molecule has 3 aromatic heterocycles. The van der Waals surface area contributed by atoms with Gasteiger partial charge in [-0.1, -0.05) is 29.8 Å². The zero-order chi connectivity index (χ0) is 28.6. The number of hydrogen-bond donors (Lipinski definition) is 0. The largest absolute Gasteiger partial charge is 2.00 e. The van der Waals surface area contributed by atoms with Gasteiger partial charge in [0.05, 0.1) is 29.5 Å². The van der Waals surface area contributed by atoms with E-state index in [1.54, 1.807) is 35.3 Å². The molecule has 0 aliphatic rings. The van der Waals surface area contributed by atoms with Gasteiger partial charge < -0.3 is 9.30 Å². The summed E-state index contributed by atoms with van der Waals surface area (Å²) in [5.41, 5.74) is 5.72. The first-order valence-corrected chi connectivity index (χ1v) is 13.2. The van der Waals surface area contributed by atoms with Crippen molar-refractivity contribution < 1.29 is 25.8 Å². The Morgan fingerprint density at radius 3 is 2.37 bits per heavy atom. The number of aryl methyl sites for hydroxylation is 1. The molecule has 0 unspecified atom stereocenters. The van der Waals surface area contributed by atoms with E-state index in [9.17, 15) is 10.5 Å². The Kier molecular flexibility index (Phi) is 7.34. The SMILES string of the molecule is Cc1ccnc(-n2c3[c-]c(Oc4[c-]c(-n5cc(-c6c(C#N)cccc6C#N)cn5)ccc4)ccc3c3ccccc32)c1.[Pt+2]. The number of nitriles is 2. The Balaban J connectivity index is 0.00000329. The van der Waals surface area contributed by atoms with E-state index in [0.717, 1.165) is 33.2 Å². The van der Waals surface area contributed by atoms with Crippen LogP contribution in [0, 0.1) is 41.7 Å². The van der Waals surface area contributed by atoms with Crippen LogP contribution in [-0.2, 0) is 21.1 Å². The number of aromatic nitrogens is 4. The molecule has 7 nitrogen and oxygen atoms in total. The van der Waals surface area contributed by atoms with Crippen LogP contribution in [-0.4, -0.2) is 19.3 Å². The molecule has 206 valence electrons. The van der Waals surface area contributed by atoms with Crippen molar-refractivity contribution in [3.8, 4) is 46.3 Å². The zero-order valence-corrected chi connectivity index (χ0v) is 25.0. The van der Waals surface area contributed by atoms with Gasteiger partial charge in [-0.3, -0.25) is 4.68 Å². The molecule has 8 heteroatoms. The average molecular weight is 736 g/mol. The van der Waals surface area contributed by atoms with Crippen molar-refractivity contribution in [1.82, 2.24) is 19.3 Å². The van der Waals surface area contributed by atoms with Crippen molar-refractivity contribution >= 4 is 21.8 Å². The van der Waals surface area contributed by atoms with Crippen LogP contribution in [0.3, 0.4) is 0 Å². The predicted octanol–water partition coefficient (Wildman–Crippen LogP) is 7.47. The minimum absolute atomic E-state index is 0. The third-order valence-corrected chi connectivity index (χ3v) is 7.08. The van der Waals surface area contributed by atoms with Crippen molar-refractivity contribution in [3.63, 3.8) is 0 Å². The third kappa shape index (κ3) is 4.97. The van der Waals surface area contributed by atoms with Crippen LogP contribution in [0.1, 0.15) is 16.7 Å². The molecule has 0 saturated carbocycles. The fourth-order valence-corrected chi connectivity index (χ4v) is 5.20. The average Bonchev–Trinajstić information content (AvgIpc) is 3.64. The number of hydrogen-bond acceptors (Lipinski definition) is 5. The maximum atomic E-state index is 9.58. The van der Waals surface area contributed by atoms with Crippen LogP contribution in [0.25, 0.3) is 44.4 Å². The molecule has 7 aromatic rings. The van der Waals surface area contributed by atoms with Gasteiger partial charge in [-0.15, -0.1) is 35.7 Å². The maximum absolute atomic E-state index is 9.58. The molecule has 0 amide bonds. The molecule has 0 spiro atoms. The van der Waals surface area contributed by atoms with Crippen molar-refractivity contribution in [1.29, 1.82) is 10.5 Å². The van der Waals surface area contributed by atoms with Crippen LogP contribution < -0.4 is 4.74 Å². The summed E-state index contributed by atoms with van der Waals surface area (Å²) < 4.78 is 10.00. The van der Waals surface area contributed by atoms with E-state index in [0.29, 0.717) is 39.4 Å². The maximum Gasteiger partial charge on any atom is 2.00 e. The van der Waals surface area contributed by atoms with Crippen LogP contribution in [0.4, 0.5) is 0 Å². The summed E-state index contributed by atoms with van der Waals surface area (Å²) in [7, 11) is 0. The monoisotopic (exact) mass is 735 g/mol. The van der Waals surface area contributed by atoms with Crippen LogP contribution in [0.2, 0.25) is 0 Å². The standard InChI is InChI=1S/C35H20N6O.Pt/c1-23-14-15-38-34(16-23)41-32-11-3-2-10-30(32)31-13-12-29(18-33(31)41)42-28-9-5-8-27(17-28)40-22-26(21-39-40)35-24(19-36)6-4-7-25(35)20-37;/h2-16,21-22H,1H3;/q-2;+2. The molecule has 0 aliphatic heterocycles. The van der Waals surface area contributed by atoms with Crippen molar-refractivity contribution in [2.45, 2.75) is 6.92 Å². The summed E-state index contributed by atoms with van der Waals surface area (Å²) >= 11 is 0. The van der Waals surface area contributed by atoms with Crippen molar-refractivity contribution in [2.24, 2.45) is 0 Å². The number of ether oxygens (including phenoxy) is 1. The van der Waals surface area contributed by atoms with Gasteiger partial charge in [0.15, 0.2) is 0 Å². The summed E-state index contributed by atoms with van der Waals surface area (Å²) in [5.74, 6) is 1.84. The predicted molar refractivity (Wildman–Crippen MR) is 159 cm³/mol. The van der Waals surface area contributed by atoms with E-state index < -0.39 is 0 Å². The Bertz CT molecular complexity index is 2200. The second kappa shape index (κ2) is 11.4. The molecular weight excluding hydrogens is 716 g/mol. The molecule has 0 saturated heterocycles. The number of benzene rings is 4. The quantitative estimate of drug-likeness (QED) is 0.171. The van der Waals surface area contributed by atoms with E-state index >= 15 is 0 Å². The topological polar surface area (TPSA) is 92.5 Å². The molecule has 0 N–H and O–H groups in total.